The minimum absolute atomic E-state index is 0.158. The van der Waals surface area contributed by atoms with Crippen LogP contribution in [0.4, 0.5) is 4.79 Å². The van der Waals surface area contributed by atoms with Gasteiger partial charge in [-0.1, -0.05) is 0 Å². The first-order chi connectivity index (χ1) is 8.89. The second-order valence-corrected chi connectivity index (χ2v) is 4.30. The molecule has 2 amide bonds. The third kappa shape index (κ3) is 6.32. The minimum Gasteiger partial charge on any atom is -0.481 e. The third-order valence-corrected chi connectivity index (χ3v) is 2.24. The first kappa shape index (κ1) is 14.8. The first-order valence-electron chi connectivity index (χ1n) is 5.60. The molecule has 0 aromatic carbocycles. The summed E-state index contributed by atoms with van der Waals surface area (Å²) >= 11 is 0. The fourth-order valence-electron chi connectivity index (χ4n) is 1.31. The number of nitrogens with one attached hydrogen (secondary N) is 2. The Morgan fingerprint density at radius 2 is 2.16 bits per heavy atom. The second-order valence-electron chi connectivity index (χ2n) is 4.30. The van der Waals surface area contributed by atoms with Gasteiger partial charge in [0.25, 0.3) is 0 Å². The standard InChI is InChI=1S/C11H16N4O4/c1-11(19,4-9(16)17)6-14-10(18)13-5-8-2-3-12-7-15-8/h2-3,7,19H,4-6H2,1H3,(H,16,17)(H2,13,14,18). The van der Waals surface area contributed by atoms with Crippen molar-refractivity contribution in [3.8, 4) is 0 Å². The van der Waals surface area contributed by atoms with Gasteiger partial charge in [-0.2, -0.15) is 0 Å². The Bertz CT molecular complexity index is 436. The Morgan fingerprint density at radius 3 is 2.74 bits per heavy atom. The topological polar surface area (TPSA) is 124 Å². The van der Waals surface area contributed by atoms with Crippen LogP contribution in [0, 0.1) is 0 Å². The number of carbonyl (C=O) groups excluding carboxylic acids is 1. The van der Waals surface area contributed by atoms with Crippen molar-refractivity contribution in [1.29, 1.82) is 0 Å². The van der Waals surface area contributed by atoms with E-state index in [0.29, 0.717) is 5.69 Å². The highest BCUT2D eigenvalue weighted by molar-refractivity contribution is 5.74. The van der Waals surface area contributed by atoms with E-state index in [2.05, 4.69) is 20.6 Å². The number of aliphatic carboxylic acids is 1. The third-order valence-electron chi connectivity index (χ3n) is 2.24. The summed E-state index contributed by atoms with van der Waals surface area (Å²) in [5.74, 6) is -1.13. The summed E-state index contributed by atoms with van der Waals surface area (Å²) in [6.45, 7) is 1.40. The number of hydrogen-bond acceptors (Lipinski definition) is 5. The molecule has 1 atom stereocenters. The molecule has 8 heteroatoms. The number of carbonyl (C=O) groups is 2. The highest BCUT2D eigenvalue weighted by atomic mass is 16.4. The van der Waals surface area contributed by atoms with Gasteiger partial charge in [-0.15, -0.1) is 0 Å². The van der Waals surface area contributed by atoms with Gasteiger partial charge in [0.05, 0.1) is 24.3 Å². The zero-order valence-corrected chi connectivity index (χ0v) is 10.5. The molecule has 104 valence electrons. The van der Waals surface area contributed by atoms with E-state index in [-0.39, 0.29) is 13.1 Å². The summed E-state index contributed by atoms with van der Waals surface area (Å²) in [5.41, 5.74) is -0.847. The summed E-state index contributed by atoms with van der Waals surface area (Å²) in [6.07, 6.45) is 2.48. The predicted octanol–water partition coefficient (Wildman–Crippen LogP) is -0.498. The molecule has 0 bridgehead atoms. The summed E-state index contributed by atoms with van der Waals surface area (Å²) < 4.78 is 0. The van der Waals surface area contributed by atoms with Gasteiger partial charge < -0.3 is 20.8 Å². The van der Waals surface area contributed by atoms with Gasteiger partial charge in [0.2, 0.25) is 0 Å². The van der Waals surface area contributed by atoms with Crippen molar-refractivity contribution in [2.45, 2.75) is 25.5 Å². The van der Waals surface area contributed by atoms with Crippen molar-refractivity contribution in [2.24, 2.45) is 0 Å². The van der Waals surface area contributed by atoms with Crippen LogP contribution in [-0.4, -0.2) is 44.3 Å². The summed E-state index contributed by atoms with van der Waals surface area (Å²) in [7, 11) is 0. The molecule has 1 unspecified atom stereocenters. The maximum absolute atomic E-state index is 11.4. The molecule has 0 saturated heterocycles. The van der Waals surface area contributed by atoms with Crippen molar-refractivity contribution >= 4 is 12.0 Å². The minimum atomic E-state index is -1.49. The second kappa shape index (κ2) is 6.64. The summed E-state index contributed by atoms with van der Waals surface area (Å²) in [6, 6.07) is 1.14. The normalized spacial score (nSPS) is 13.4. The van der Waals surface area contributed by atoms with Crippen molar-refractivity contribution in [3.05, 3.63) is 24.3 Å². The highest BCUT2D eigenvalue weighted by Gasteiger charge is 2.24. The molecular weight excluding hydrogens is 252 g/mol. The van der Waals surface area contributed by atoms with E-state index >= 15 is 0 Å². The van der Waals surface area contributed by atoms with Gasteiger partial charge in [0.15, 0.2) is 0 Å². The number of hydrogen-bond donors (Lipinski definition) is 4. The molecule has 8 nitrogen and oxygen atoms in total. The molecule has 0 radical (unpaired) electrons. The van der Waals surface area contributed by atoms with E-state index in [9.17, 15) is 14.7 Å². The van der Waals surface area contributed by atoms with Crippen LogP contribution in [0.3, 0.4) is 0 Å². The molecule has 0 saturated carbocycles. The first-order valence-corrected chi connectivity index (χ1v) is 5.60. The molecule has 4 N–H and O–H groups in total. The molecule has 19 heavy (non-hydrogen) atoms. The molecular formula is C11H16N4O4. The lowest BCUT2D eigenvalue weighted by atomic mass is 10.0. The average Bonchev–Trinajstić information content (AvgIpc) is 2.34. The maximum atomic E-state index is 11.4. The van der Waals surface area contributed by atoms with E-state index < -0.39 is 24.0 Å². The number of amides is 2. The number of aliphatic hydroxyl groups is 1. The summed E-state index contributed by atoms with van der Waals surface area (Å²) in [5, 5.41) is 23.2. The molecule has 1 aromatic heterocycles. The van der Waals surface area contributed by atoms with Gasteiger partial charge in [-0.25, -0.2) is 14.8 Å². The van der Waals surface area contributed by atoms with Crippen LogP contribution in [0.15, 0.2) is 18.6 Å². The van der Waals surface area contributed by atoms with Gasteiger partial charge in [0, 0.05) is 12.7 Å². The van der Waals surface area contributed by atoms with Crippen molar-refractivity contribution in [3.63, 3.8) is 0 Å². The molecule has 0 aliphatic rings. The van der Waals surface area contributed by atoms with Gasteiger partial charge in [0.1, 0.15) is 6.33 Å². The Labute approximate surface area is 109 Å². The monoisotopic (exact) mass is 268 g/mol. The van der Waals surface area contributed by atoms with Crippen LogP contribution in [0.2, 0.25) is 0 Å². The van der Waals surface area contributed by atoms with Gasteiger partial charge in [-0.3, -0.25) is 4.79 Å². The van der Waals surface area contributed by atoms with E-state index in [1.54, 1.807) is 12.3 Å². The van der Waals surface area contributed by atoms with Gasteiger partial charge in [-0.05, 0) is 13.0 Å². The van der Waals surface area contributed by atoms with Crippen LogP contribution < -0.4 is 10.6 Å². The van der Waals surface area contributed by atoms with Crippen LogP contribution in [0.5, 0.6) is 0 Å². The quantitative estimate of drug-likeness (QED) is 0.551. The van der Waals surface area contributed by atoms with Crippen molar-refractivity contribution in [2.75, 3.05) is 6.54 Å². The number of carboxylic acid groups (broad SMARTS) is 1. The lowest BCUT2D eigenvalue weighted by Crippen LogP contribution is -2.45. The van der Waals surface area contributed by atoms with E-state index in [4.69, 9.17) is 5.11 Å². The fraction of sp³-hybridized carbons (Fsp3) is 0.455. The Morgan fingerprint density at radius 1 is 1.42 bits per heavy atom. The zero-order chi connectivity index (χ0) is 14.3. The molecule has 1 heterocycles. The van der Waals surface area contributed by atoms with Crippen LogP contribution in [0.25, 0.3) is 0 Å². The molecule has 1 aromatic rings. The Hall–Kier alpha value is -2.22. The van der Waals surface area contributed by atoms with E-state index in [1.165, 1.54) is 13.3 Å². The fourth-order valence-corrected chi connectivity index (χ4v) is 1.31. The molecule has 1 rings (SSSR count). The average molecular weight is 268 g/mol. The smallest absolute Gasteiger partial charge is 0.315 e. The van der Waals surface area contributed by atoms with E-state index in [1.807, 2.05) is 0 Å². The number of aromatic nitrogens is 2. The maximum Gasteiger partial charge on any atom is 0.315 e. The number of rotatable bonds is 6. The number of urea groups is 1. The predicted molar refractivity (Wildman–Crippen MR) is 65.1 cm³/mol. The lowest BCUT2D eigenvalue weighted by molar-refractivity contribution is -0.141. The SMILES string of the molecule is CC(O)(CNC(=O)NCc1ccncn1)CC(=O)O. The number of nitrogens with zero attached hydrogens (tertiary/aromatic N) is 2. The molecule has 0 aliphatic heterocycles. The van der Waals surface area contributed by atoms with Crippen LogP contribution in [0.1, 0.15) is 19.0 Å². The van der Waals surface area contributed by atoms with Crippen LogP contribution in [-0.2, 0) is 11.3 Å². The molecule has 0 fully saturated rings. The van der Waals surface area contributed by atoms with Crippen LogP contribution >= 0.6 is 0 Å². The largest absolute Gasteiger partial charge is 0.481 e. The Balaban J connectivity index is 2.30. The summed E-state index contributed by atoms with van der Waals surface area (Å²) in [4.78, 5) is 29.6. The lowest BCUT2D eigenvalue weighted by Gasteiger charge is -2.21. The van der Waals surface area contributed by atoms with Gasteiger partial charge >= 0.3 is 12.0 Å². The van der Waals surface area contributed by atoms with Crippen molar-refractivity contribution in [1.82, 2.24) is 20.6 Å². The van der Waals surface area contributed by atoms with E-state index in [0.717, 1.165) is 0 Å². The Kier molecular flexibility index (Phi) is 5.19. The van der Waals surface area contributed by atoms with Crippen molar-refractivity contribution < 1.29 is 19.8 Å². The molecule has 0 spiro atoms. The zero-order valence-electron chi connectivity index (χ0n) is 10.5. The molecule has 0 aliphatic carbocycles. The highest BCUT2D eigenvalue weighted by Crippen LogP contribution is 2.07. The number of carboxylic acids is 1.